The fourth-order valence-electron chi connectivity index (χ4n) is 2.43. The van der Waals surface area contributed by atoms with E-state index in [0.717, 1.165) is 49.9 Å². The van der Waals surface area contributed by atoms with Gasteiger partial charge in [-0.1, -0.05) is 26.0 Å². The van der Waals surface area contributed by atoms with Gasteiger partial charge in [-0.15, -0.1) is 0 Å². The van der Waals surface area contributed by atoms with E-state index in [9.17, 15) is 5.11 Å². The van der Waals surface area contributed by atoms with Crippen molar-refractivity contribution in [3.8, 4) is 5.75 Å². The molecular weight excluding hydrogens is 270 g/mol. The Hall–Kier alpha value is -0.710. The number of phenols is 1. The van der Waals surface area contributed by atoms with E-state index in [1.165, 1.54) is 5.56 Å². The molecule has 1 unspecified atom stereocenters. The molecule has 0 aromatic heterocycles. The molecule has 0 bridgehead atoms. The van der Waals surface area contributed by atoms with Crippen molar-refractivity contribution in [2.75, 3.05) is 37.8 Å². The molecule has 112 valence electrons. The summed E-state index contributed by atoms with van der Waals surface area (Å²) in [6.45, 7) is 8.76. The first-order valence-electron chi connectivity index (χ1n) is 7.40. The van der Waals surface area contributed by atoms with Crippen LogP contribution in [-0.4, -0.2) is 47.8 Å². The number of aromatic hydroxyl groups is 1. The third-order valence-electron chi connectivity index (χ3n) is 3.74. The number of hydrogen-bond acceptors (Lipinski definition) is 4. The molecule has 1 atom stereocenters. The maximum Gasteiger partial charge on any atom is 0.120 e. The number of morpholine rings is 1. The van der Waals surface area contributed by atoms with E-state index in [1.54, 1.807) is 0 Å². The molecule has 0 saturated carbocycles. The van der Waals surface area contributed by atoms with Gasteiger partial charge in [0.1, 0.15) is 5.75 Å². The molecule has 0 radical (unpaired) electrons. The zero-order chi connectivity index (χ0) is 14.4. The lowest BCUT2D eigenvalue weighted by molar-refractivity contribution is 0.0339. The second-order valence-corrected chi connectivity index (χ2v) is 6.66. The van der Waals surface area contributed by atoms with Crippen LogP contribution in [0.3, 0.4) is 0 Å². The molecule has 1 aromatic rings. The number of ether oxygens (including phenoxy) is 1. The highest BCUT2D eigenvalue weighted by atomic mass is 32.2. The molecule has 0 aliphatic carbocycles. The van der Waals surface area contributed by atoms with E-state index in [-0.39, 0.29) is 0 Å². The summed E-state index contributed by atoms with van der Waals surface area (Å²) in [4.78, 5) is 2.34. The molecule has 1 aliphatic rings. The Bertz CT molecular complexity index is 419. The van der Waals surface area contributed by atoms with E-state index in [1.807, 2.05) is 17.8 Å². The van der Waals surface area contributed by atoms with Crippen LogP contribution in [0.15, 0.2) is 18.2 Å². The van der Waals surface area contributed by atoms with Gasteiger partial charge in [-0.3, -0.25) is 4.90 Å². The molecule has 1 N–H and O–H groups in total. The van der Waals surface area contributed by atoms with E-state index >= 15 is 0 Å². The standard InChI is InChI=1S/C16H25NO2S/c1-3-20-12-13(2)14-4-5-16(18)15(10-14)11-17-6-8-19-9-7-17/h4-5,10,13,18H,3,6-9,11-12H2,1-2H3. The van der Waals surface area contributed by atoms with Crippen LogP contribution in [-0.2, 0) is 11.3 Å². The minimum atomic E-state index is 0.413. The largest absolute Gasteiger partial charge is 0.508 e. The van der Waals surface area contributed by atoms with E-state index in [4.69, 9.17) is 4.74 Å². The van der Waals surface area contributed by atoms with Gasteiger partial charge in [0.15, 0.2) is 0 Å². The SMILES string of the molecule is CCSCC(C)c1ccc(O)c(CN2CCOCC2)c1. The van der Waals surface area contributed by atoms with Crippen molar-refractivity contribution >= 4 is 11.8 Å². The van der Waals surface area contributed by atoms with Gasteiger partial charge in [-0.25, -0.2) is 0 Å². The van der Waals surface area contributed by atoms with Crippen molar-refractivity contribution in [1.82, 2.24) is 4.90 Å². The third-order valence-corrected chi connectivity index (χ3v) is 4.89. The summed E-state index contributed by atoms with van der Waals surface area (Å²) in [6.07, 6.45) is 0. The zero-order valence-electron chi connectivity index (χ0n) is 12.5. The Balaban J connectivity index is 2.03. The maximum atomic E-state index is 10.1. The monoisotopic (exact) mass is 295 g/mol. The van der Waals surface area contributed by atoms with Crippen LogP contribution in [0.5, 0.6) is 5.75 Å². The zero-order valence-corrected chi connectivity index (χ0v) is 13.3. The Labute approximate surface area is 126 Å². The highest BCUT2D eigenvalue weighted by molar-refractivity contribution is 7.99. The van der Waals surface area contributed by atoms with Gasteiger partial charge in [0.05, 0.1) is 13.2 Å². The van der Waals surface area contributed by atoms with Crippen LogP contribution >= 0.6 is 11.8 Å². The Morgan fingerprint density at radius 2 is 2.10 bits per heavy atom. The predicted molar refractivity (Wildman–Crippen MR) is 85.6 cm³/mol. The molecule has 1 heterocycles. The predicted octanol–water partition coefficient (Wildman–Crippen LogP) is 3.08. The number of benzene rings is 1. The molecule has 0 amide bonds. The lowest BCUT2D eigenvalue weighted by atomic mass is 10.00. The minimum Gasteiger partial charge on any atom is -0.508 e. The van der Waals surface area contributed by atoms with E-state index < -0.39 is 0 Å². The topological polar surface area (TPSA) is 32.7 Å². The lowest BCUT2D eigenvalue weighted by Gasteiger charge is -2.27. The van der Waals surface area contributed by atoms with Gasteiger partial charge in [-0.05, 0) is 29.1 Å². The Morgan fingerprint density at radius 3 is 2.80 bits per heavy atom. The molecule has 4 heteroatoms. The van der Waals surface area contributed by atoms with Gasteiger partial charge >= 0.3 is 0 Å². The summed E-state index contributed by atoms with van der Waals surface area (Å²) in [5.74, 6) is 3.24. The lowest BCUT2D eigenvalue weighted by Crippen LogP contribution is -2.35. The van der Waals surface area contributed by atoms with Crippen LogP contribution < -0.4 is 0 Å². The van der Waals surface area contributed by atoms with E-state index in [0.29, 0.717) is 11.7 Å². The molecule has 2 rings (SSSR count). The summed E-state index contributed by atoms with van der Waals surface area (Å²) < 4.78 is 5.37. The summed E-state index contributed by atoms with van der Waals surface area (Å²) in [6, 6.07) is 6.07. The molecule has 1 aliphatic heterocycles. The molecule has 1 saturated heterocycles. The van der Waals surface area contributed by atoms with Gasteiger partial charge in [-0.2, -0.15) is 11.8 Å². The van der Waals surface area contributed by atoms with Crippen molar-refractivity contribution in [3.05, 3.63) is 29.3 Å². The fraction of sp³-hybridized carbons (Fsp3) is 0.625. The normalized spacial score (nSPS) is 18.1. The number of phenolic OH excluding ortho intramolecular Hbond substituents is 1. The maximum absolute atomic E-state index is 10.1. The third kappa shape index (κ3) is 4.40. The highest BCUT2D eigenvalue weighted by Gasteiger charge is 2.14. The average Bonchev–Trinajstić information content (AvgIpc) is 2.48. The number of thioether (sulfide) groups is 1. The summed E-state index contributed by atoms with van der Waals surface area (Å²) >= 11 is 1.97. The van der Waals surface area contributed by atoms with Gasteiger partial charge in [0.25, 0.3) is 0 Å². The highest BCUT2D eigenvalue weighted by Crippen LogP contribution is 2.26. The Morgan fingerprint density at radius 1 is 1.35 bits per heavy atom. The molecule has 1 aromatic carbocycles. The molecule has 0 spiro atoms. The van der Waals surface area contributed by atoms with Crippen LogP contribution in [0, 0.1) is 0 Å². The molecule has 3 nitrogen and oxygen atoms in total. The van der Waals surface area contributed by atoms with Gasteiger partial charge in [0, 0.05) is 25.2 Å². The molecule has 20 heavy (non-hydrogen) atoms. The first-order valence-corrected chi connectivity index (χ1v) is 8.55. The molecular formula is C16H25NO2S. The second-order valence-electron chi connectivity index (χ2n) is 5.34. The summed E-state index contributed by atoms with van der Waals surface area (Å²) in [5.41, 5.74) is 2.37. The summed E-state index contributed by atoms with van der Waals surface area (Å²) in [7, 11) is 0. The van der Waals surface area contributed by atoms with Crippen molar-refractivity contribution < 1.29 is 9.84 Å². The number of rotatable bonds is 6. The minimum absolute atomic E-state index is 0.413. The number of hydrogen-bond donors (Lipinski definition) is 1. The molecule has 1 fully saturated rings. The van der Waals surface area contributed by atoms with Crippen molar-refractivity contribution in [2.24, 2.45) is 0 Å². The van der Waals surface area contributed by atoms with Crippen molar-refractivity contribution in [1.29, 1.82) is 0 Å². The number of nitrogens with zero attached hydrogens (tertiary/aromatic N) is 1. The Kier molecular flexibility index (Phi) is 6.20. The van der Waals surface area contributed by atoms with Crippen molar-refractivity contribution in [2.45, 2.75) is 26.3 Å². The second kappa shape index (κ2) is 7.91. The van der Waals surface area contributed by atoms with Gasteiger partial charge in [0.2, 0.25) is 0 Å². The average molecular weight is 295 g/mol. The van der Waals surface area contributed by atoms with Gasteiger partial charge < -0.3 is 9.84 Å². The summed E-state index contributed by atoms with van der Waals surface area (Å²) in [5, 5.41) is 10.1. The quantitative estimate of drug-likeness (QED) is 0.874. The van der Waals surface area contributed by atoms with Crippen LogP contribution in [0.2, 0.25) is 0 Å². The van der Waals surface area contributed by atoms with Crippen LogP contribution in [0.4, 0.5) is 0 Å². The van der Waals surface area contributed by atoms with Crippen LogP contribution in [0.1, 0.15) is 30.9 Å². The first kappa shape index (κ1) is 15.7. The van der Waals surface area contributed by atoms with Crippen molar-refractivity contribution in [3.63, 3.8) is 0 Å². The first-order chi connectivity index (χ1) is 9.70. The smallest absolute Gasteiger partial charge is 0.120 e. The fourth-order valence-corrected chi connectivity index (χ4v) is 3.21. The van der Waals surface area contributed by atoms with E-state index in [2.05, 4.69) is 30.9 Å². The van der Waals surface area contributed by atoms with Crippen LogP contribution in [0.25, 0.3) is 0 Å².